The highest BCUT2D eigenvalue weighted by Crippen LogP contribution is 2.23. The molecule has 0 aromatic carbocycles. The predicted octanol–water partition coefficient (Wildman–Crippen LogP) is -0.385. The molecule has 4 heteroatoms. The van der Waals surface area contributed by atoms with Gasteiger partial charge in [-0.1, -0.05) is 6.92 Å². The Labute approximate surface area is 77.5 Å². The highest BCUT2D eigenvalue weighted by molar-refractivity contribution is 5.77. The van der Waals surface area contributed by atoms with Gasteiger partial charge in [-0.25, -0.2) is 0 Å². The fraction of sp³-hybridized carbons (Fsp3) is 0.889. The summed E-state index contributed by atoms with van der Waals surface area (Å²) in [6.07, 6.45) is 0.492. The van der Waals surface area contributed by atoms with Gasteiger partial charge >= 0.3 is 5.97 Å². The molecule has 3 unspecified atom stereocenters. The molecule has 2 aliphatic rings. The molecular weight excluding hydrogens is 170 g/mol. The van der Waals surface area contributed by atoms with E-state index in [2.05, 4.69) is 0 Å². The van der Waals surface area contributed by atoms with Gasteiger partial charge < -0.3 is 9.84 Å². The SMILES string of the molecule is CC1CN(C2CCOC2=O)CC1O. The van der Waals surface area contributed by atoms with Crippen LogP contribution < -0.4 is 0 Å². The van der Waals surface area contributed by atoms with Crippen LogP contribution in [0.1, 0.15) is 13.3 Å². The third-order valence-electron chi connectivity index (χ3n) is 2.95. The number of aliphatic hydroxyl groups excluding tert-OH is 1. The Balaban J connectivity index is 1.98. The van der Waals surface area contributed by atoms with E-state index in [9.17, 15) is 9.90 Å². The van der Waals surface area contributed by atoms with Crippen LogP contribution in [0.25, 0.3) is 0 Å². The van der Waals surface area contributed by atoms with Crippen LogP contribution in [0, 0.1) is 5.92 Å². The summed E-state index contributed by atoms with van der Waals surface area (Å²) in [6, 6.07) is -0.0976. The monoisotopic (exact) mass is 185 g/mol. The largest absolute Gasteiger partial charge is 0.464 e. The minimum atomic E-state index is -0.284. The Bertz CT molecular complexity index is 209. The topological polar surface area (TPSA) is 49.8 Å². The molecule has 0 spiro atoms. The van der Waals surface area contributed by atoms with E-state index in [4.69, 9.17) is 4.74 Å². The van der Waals surface area contributed by atoms with Crippen LogP contribution in [0.15, 0.2) is 0 Å². The molecule has 0 aromatic heterocycles. The van der Waals surface area contributed by atoms with Crippen molar-refractivity contribution in [1.29, 1.82) is 0 Å². The molecule has 2 fully saturated rings. The maximum atomic E-state index is 11.2. The summed E-state index contributed by atoms with van der Waals surface area (Å²) < 4.78 is 4.89. The van der Waals surface area contributed by atoms with E-state index in [0.717, 1.165) is 13.0 Å². The standard InChI is InChI=1S/C9H15NO3/c1-6-4-10(5-8(6)11)7-2-3-13-9(7)12/h6-8,11H,2-5H2,1H3. The zero-order valence-electron chi connectivity index (χ0n) is 7.77. The van der Waals surface area contributed by atoms with E-state index < -0.39 is 0 Å². The van der Waals surface area contributed by atoms with Gasteiger partial charge in [0.2, 0.25) is 0 Å². The number of carbonyl (C=O) groups excluding carboxylic acids is 1. The number of aliphatic hydroxyl groups is 1. The van der Waals surface area contributed by atoms with Gasteiger partial charge in [-0.15, -0.1) is 0 Å². The number of likely N-dealkylation sites (tertiary alicyclic amines) is 1. The lowest BCUT2D eigenvalue weighted by atomic mass is 10.1. The van der Waals surface area contributed by atoms with Gasteiger partial charge in [0, 0.05) is 19.5 Å². The third-order valence-corrected chi connectivity index (χ3v) is 2.95. The number of carbonyl (C=O) groups is 1. The highest BCUT2D eigenvalue weighted by atomic mass is 16.5. The Morgan fingerprint density at radius 1 is 1.54 bits per heavy atom. The molecule has 0 aromatic rings. The third kappa shape index (κ3) is 1.56. The van der Waals surface area contributed by atoms with Gasteiger partial charge in [0.25, 0.3) is 0 Å². The number of hydrogen-bond donors (Lipinski definition) is 1. The van der Waals surface area contributed by atoms with Crippen molar-refractivity contribution >= 4 is 5.97 Å². The molecule has 0 aliphatic carbocycles. The number of nitrogens with zero attached hydrogens (tertiary/aromatic N) is 1. The fourth-order valence-electron chi connectivity index (χ4n) is 2.06. The van der Waals surface area contributed by atoms with Crippen LogP contribution in [-0.2, 0) is 9.53 Å². The first-order valence-corrected chi connectivity index (χ1v) is 4.77. The summed E-state index contributed by atoms with van der Waals surface area (Å²) in [4.78, 5) is 13.3. The summed E-state index contributed by atoms with van der Waals surface area (Å²) in [5.74, 6) is 0.148. The van der Waals surface area contributed by atoms with Crippen molar-refractivity contribution in [2.24, 2.45) is 5.92 Å². The van der Waals surface area contributed by atoms with Crippen molar-refractivity contribution in [1.82, 2.24) is 4.90 Å². The zero-order chi connectivity index (χ0) is 9.42. The Kier molecular flexibility index (Phi) is 2.26. The molecule has 0 bridgehead atoms. The molecule has 2 aliphatic heterocycles. The number of β-amino-alcohol motifs (C(OH)–C–C–N with tert-alkyl or cyclic N) is 1. The number of cyclic esters (lactones) is 1. The van der Waals surface area contributed by atoms with Crippen molar-refractivity contribution < 1.29 is 14.6 Å². The van der Waals surface area contributed by atoms with Gasteiger partial charge in [0.05, 0.1) is 12.7 Å². The van der Waals surface area contributed by atoms with E-state index in [1.807, 2.05) is 11.8 Å². The quantitative estimate of drug-likeness (QED) is 0.565. The molecule has 4 nitrogen and oxygen atoms in total. The molecule has 0 saturated carbocycles. The second kappa shape index (κ2) is 3.27. The van der Waals surface area contributed by atoms with E-state index in [1.54, 1.807) is 0 Å². The first-order chi connectivity index (χ1) is 6.18. The van der Waals surface area contributed by atoms with Crippen LogP contribution in [0.5, 0.6) is 0 Å². The number of rotatable bonds is 1. The first-order valence-electron chi connectivity index (χ1n) is 4.77. The van der Waals surface area contributed by atoms with Gasteiger partial charge in [-0.05, 0) is 5.92 Å². The Hall–Kier alpha value is -0.610. The number of hydrogen-bond acceptors (Lipinski definition) is 4. The Morgan fingerprint density at radius 3 is 2.77 bits per heavy atom. The highest BCUT2D eigenvalue weighted by Gasteiger charge is 2.38. The summed E-state index contributed by atoms with van der Waals surface area (Å²) in [7, 11) is 0. The second-order valence-corrected chi connectivity index (χ2v) is 3.97. The lowest BCUT2D eigenvalue weighted by molar-refractivity contribution is -0.142. The first kappa shape index (κ1) is 8.97. The summed E-state index contributed by atoms with van der Waals surface area (Å²) >= 11 is 0. The van der Waals surface area contributed by atoms with Crippen molar-refractivity contribution in [2.75, 3.05) is 19.7 Å². The molecule has 3 atom stereocenters. The molecule has 2 heterocycles. The zero-order valence-corrected chi connectivity index (χ0v) is 7.77. The maximum Gasteiger partial charge on any atom is 0.323 e. The van der Waals surface area contributed by atoms with E-state index >= 15 is 0 Å². The van der Waals surface area contributed by atoms with Gasteiger partial charge in [0.1, 0.15) is 6.04 Å². The smallest absolute Gasteiger partial charge is 0.323 e. The molecule has 2 saturated heterocycles. The molecule has 0 radical (unpaired) electrons. The molecule has 74 valence electrons. The molecular formula is C9H15NO3. The van der Waals surface area contributed by atoms with E-state index in [-0.39, 0.29) is 24.0 Å². The normalized spacial score (nSPS) is 41.1. The molecule has 2 rings (SSSR count). The number of esters is 1. The van der Waals surface area contributed by atoms with E-state index in [0.29, 0.717) is 13.2 Å². The summed E-state index contributed by atoms with van der Waals surface area (Å²) in [5.41, 5.74) is 0. The van der Waals surface area contributed by atoms with Gasteiger partial charge in [0.15, 0.2) is 0 Å². The van der Waals surface area contributed by atoms with Crippen molar-refractivity contribution in [3.05, 3.63) is 0 Å². The van der Waals surface area contributed by atoms with Crippen LogP contribution in [0.4, 0.5) is 0 Å². The maximum absolute atomic E-state index is 11.2. The lowest BCUT2D eigenvalue weighted by Gasteiger charge is -2.19. The second-order valence-electron chi connectivity index (χ2n) is 3.97. The van der Waals surface area contributed by atoms with Crippen LogP contribution in [-0.4, -0.2) is 47.8 Å². The average molecular weight is 185 g/mol. The Morgan fingerprint density at radius 2 is 2.31 bits per heavy atom. The van der Waals surface area contributed by atoms with Crippen LogP contribution in [0.2, 0.25) is 0 Å². The number of ether oxygens (including phenoxy) is 1. The average Bonchev–Trinajstić information content (AvgIpc) is 2.60. The van der Waals surface area contributed by atoms with Crippen molar-refractivity contribution in [2.45, 2.75) is 25.5 Å². The van der Waals surface area contributed by atoms with E-state index in [1.165, 1.54) is 0 Å². The fourth-order valence-corrected chi connectivity index (χ4v) is 2.06. The molecule has 1 N–H and O–H groups in total. The predicted molar refractivity (Wildman–Crippen MR) is 46.1 cm³/mol. The summed E-state index contributed by atoms with van der Waals surface area (Å²) in [5, 5.41) is 9.52. The minimum absolute atomic E-state index is 0.0976. The minimum Gasteiger partial charge on any atom is -0.464 e. The lowest BCUT2D eigenvalue weighted by Crippen LogP contribution is -2.37. The van der Waals surface area contributed by atoms with Gasteiger partial charge in [-0.2, -0.15) is 0 Å². The molecule has 0 amide bonds. The van der Waals surface area contributed by atoms with Crippen molar-refractivity contribution in [3.8, 4) is 0 Å². The summed E-state index contributed by atoms with van der Waals surface area (Å²) in [6.45, 7) is 3.96. The molecule has 13 heavy (non-hydrogen) atoms. The van der Waals surface area contributed by atoms with Crippen LogP contribution >= 0.6 is 0 Å². The van der Waals surface area contributed by atoms with Gasteiger partial charge in [-0.3, -0.25) is 9.69 Å². The van der Waals surface area contributed by atoms with Crippen LogP contribution in [0.3, 0.4) is 0 Å². The van der Waals surface area contributed by atoms with Crippen molar-refractivity contribution in [3.63, 3.8) is 0 Å².